The fraction of sp³-hybridized carbons (Fsp3) is 0.643. The van der Waals surface area contributed by atoms with Crippen molar-refractivity contribution in [2.24, 2.45) is 5.41 Å². The van der Waals surface area contributed by atoms with E-state index >= 15 is 0 Å². The number of carbonyl (C=O) groups is 1. The fourth-order valence-corrected chi connectivity index (χ4v) is 2.92. The van der Waals surface area contributed by atoms with Crippen molar-refractivity contribution in [3.8, 4) is 0 Å². The molecule has 8 nitrogen and oxygen atoms in total. The summed E-state index contributed by atoms with van der Waals surface area (Å²) in [5.74, 6) is 0.893. The molecule has 1 fully saturated rings. The molecule has 0 bridgehead atoms. The van der Waals surface area contributed by atoms with E-state index in [-0.39, 0.29) is 11.3 Å². The van der Waals surface area contributed by atoms with Crippen molar-refractivity contribution < 1.29 is 9.32 Å². The first-order valence-corrected chi connectivity index (χ1v) is 7.60. The van der Waals surface area contributed by atoms with Gasteiger partial charge in [-0.05, 0) is 41.5 Å². The van der Waals surface area contributed by atoms with Gasteiger partial charge in [-0.3, -0.25) is 10.1 Å². The summed E-state index contributed by atoms with van der Waals surface area (Å²) in [5.41, 5.74) is 1.43. The number of amides is 1. The minimum absolute atomic E-state index is 0.156. The minimum atomic E-state index is -0.306. The quantitative estimate of drug-likeness (QED) is 0.927. The normalized spacial score (nSPS) is 19.7. The van der Waals surface area contributed by atoms with Crippen LogP contribution in [-0.2, 0) is 12.8 Å². The van der Waals surface area contributed by atoms with Crippen LogP contribution in [0.3, 0.4) is 0 Å². The largest absolute Gasteiger partial charge is 0.360 e. The van der Waals surface area contributed by atoms with Crippen LogP contribution in [0.5, 0.6) is 0 Å². The number of aryl methyl sites for hydroxylation is 1. The molecule has 8 heteroatoms. The molecule has 1 saturated carbocycles. The number of nitrogens with zero attached hydrogens (tertiary/aromatic N) is 5. The Morgan fingerprint density at radius 2 is 2.23 bits per heavy atom. The molecule has 0 saturated heterocycles. The molecule has 1 amide bonds. The van der Waals surface area contributed by atoms with Gasteiger partial charge in [0.1, 0.15) is 5.76 Å². The van der Waals surface area contributed by atoms with E-state index in [4.69, 9.17) is 4.52 Å². The molecular formula is C14H18N6O2. The molecule has 1 N–H and O–H groups in total. The standard InChI is InChI=1S/C14H18N6O2/c1-14(2)6-5-10-9(7-14)11(17-22-10)12(21)15-13-16-18-19-20(13)8-3-4-8/h8H,3-7H2,1-2H3,(H,15,16,19,21). The van der Waals surface area contributed by atoms with Crippen molar-refractivity contribution in [3.63, 3.8) is 0 Å². The zero-order valence-electron chi connectivity index (χ0n) is 12.7. The molecule has 2 aliphatic carbocycles. The van der Waals surface area contributed by atoms with E-state index in [0.29, 0.717) is 17.7 Å². The number of carbonyl (C=O) groups excluding carboxylic acids is 1. The molecule has 2 heterocycles. The first-order chi connectivity index (χ1) is 10.5. The number of anilines is 1. The lowest BCUT2D eigenvalue weighted by molar-refractivity contribution is 0.101. The van der Waals surface area contributed by atoms with E-state index in [2.05, 4.69) is 39.8 Å². The molecule has 4 rings (SSSR count). The summed E-state index contributed by atoms with van der Waals surface area (Å²) in [5, 5.41) is 18.2. The molecule has 0 spiro atoms. The van der Waals surface area contributed by atoms with Crippen LogP contribution in [0, 0.1) is 5.41 Å². The van der Waals surface area contributed by atoms with Gasteiger partial charge in [0, 0.05) is 12.0 Å². The van der Waals surface area contributed by atoms with Gasteiger partial charge in [0.15, 0.2) is 5.69 Å². The van der Waals surface area contributed by atoms with Gasteiger partial charge in [0.2, 0.25) is 5.95 Å². The van der Waals surface area contributed by atoms with Gasteiger partial charge in [-0.25, -0.2) is 4.68 Å². The molecule has 2 aromatic rings. The molecule has 116 valence electrons. The average molecular weight is 302 g/mol. The summed E-state index contributed by atoms with van der Waals surface area (Å²) in [6.45, 7) is 4.39. The molecule has 22 heavy (non-hydrogen) atoms. The highest BCUT2D eigenvalue weighted by Gasteiger charge is 2.34. The van der Waals surface area contributed by atoms with Crippen LogP contribution >= 0.6 is 0 Å². The Morgan fingerprint density at radius 3 is 3.00 bits per heavy atom. The Bertz CT molecular complexity index is 728. The maximum absolute atomic E-state index is 12.5. The van der Waals surface area contributed by atoms with Crippen LogP contribution in [0.2, 0.25) is 0 Å². The van der Waals surface area contributed by atoms with Gasteiger partial charge in [-0.2, -0.15) is 0 Å². The monoisotopic (exact) mass is 302 g/mol. The average Bonchev–Trinajstić information content (AvgIpc) is 3.06. The first-order valence-electron chi connectivity index (χ1n) is 7.60. The van der Waals surface area contributed by atoms with Crippen molar-refractivity contribution >= 4 is 11.9 Å². The maximum atomic E-state index is 12.5. The van der Waals surface area contributed by atoms with Crippen molar-refractivity contribution in [3.05, 3.63) is 17.0 Å². The van der Waals surface area contributed by atoms with Crippen molar-refractivity contribution in [2.45, 2.75) is 52.0 Å². The number of tetrazole rings is 1. The van der Waals surface area contributed by atoms with Gasteiger partial charge in [0.05, 0.1) is 6.04 Å². The van der Waals surface area contributed by atoms with Crippen LogP contribution in [0.4, 0.5) is 5.95 Å². The zero-order chi connectivity index (χ0) is 15.3. The van der Waals surface area contributed by atoms with Gasteiger partial charge in [-0.15, -0.1) is 0 Å². The Balaban J connectivity index is 1.59. The van der Waals surface area contributed by atoms with Crippen molar-refractivity contribution in [2.75, 3.05) is 5.32 Å². The van der Waals surface area contributed by atoms with Gasteiger partial charge in [0.25, 0.3) is 5.91 Å². The topological polar surface area (TPSA) is 98.7 Å². The predicted octanol–water partition coefficient (Wildman–Crippen LogP) is 1.76. The fourth-order valence-electron chi connectivity index (χ4n) is 2.92. The van der Waals surface area contributed by atoms with E-state index in [1.165, 1.54) is 0 Å². The van der Waals surface area contributed by atoms with E-state index in [0.717, 1.165) is 43.4 Å². The Morgan fingerprint density at radius 1 is 1.41 bits per heavy atom. The Hall–Kier alpha value is -2.25. The van der Waals surface area contributed by atoms with Crippen LogP contribution in [0.15, 0.2) is 4.52 Å². The van der Waals surface area contributed by atoms with Crippen LogP contribution < -0.4 is 5.32 Å². The maximum Gasteiger partial charge on any atom is 0.280 e. The van der Waals surface area contributed by atoms with Crippen LogP contribution in [-0.4, -0.2) is 31.3 Å². The van der Waals surface area contributed by atoms with Crippen molar-refractivity contribution in [1.29, 1.82) is 0 Å². The first kappa shape index (κ1) is 13.4. The summed E-state index contributed by atoms with van der Waals surface area (Å²) < 4.78 is 7.00. The molecular weight excluding hydrogens is 284 g/mol. The third-order valence-electron chi connectivity index (χ3n) is 4.38. The van der Waals surface area contributed by atoms with E-state index < -0.39 is 0 Å². The van der Waals surface area contributed by atoms with Gasteiger partial charge >= 0.3 is 0 Å². The summed E-state index contributed by atoms with van der Waals surface area (Å²) in [6, 6.07) is 0.301. The van der Waals surface area contributed by atoms with Gasteiger partial charge in [-0.1, -0.05) is 24.1 Å². The predicted molar refractivity (Wildman–Crippen MR) is 76.4 cm³/mol. The lowest BCUT2D eigenvalue weighted by atomic mass is 9.76. The lowest BCUT2D eigenvalue weighted by Gasteiger charge is -2.28. The van der Waals surface area contributed by atoms with Crippen LogP contribution in [0.25, 0.3) is 0 Å². The third kappa shape index (κ3) is 2.28. The third-order valence-corrected chi connectivity index (χ3v) is 4.38. The number of rotatable bonds is 3. The molecule has 2 aromatic heterocycles. The Kier molecular flexibility index (Phi) is 2.82. The van der Waals surface area contributed by atoms with Crippen molar-refractivity contribution in [1.82, 2.24) is 25.4 Å². The number of fused-ring (bicyclic) bond motifs is 1. The summed E-state index contributed by atoms with van der Waals surface area (Å²) in [6.07, 6.45) is 4.74. The number of hydrogen-bond donors (Lipinski definition) is 1. The van der Waals surface area contributed by atoms with E-state index in [9.17, 15) is 4.79 Å². The smallest absolute Gasteiger partial charge is 0.280 e. The SMILES string of the molecule is CC1(C)CCc2onc(C(=O)Nc3nnnn3C3CC3)c2C1. The minimum Gasteiger partial charge on any atom is -0.360 e. The van der Waals surface area contributed by atoms with Crippen LogP contribution in [0.1, 0.15) is 61.0 Å². The summed E-state index contributed by atoms with van der Waals surface area (Å²) >= 11 is 0. The number of aromatic nitrogens is 5. The van der Waals surface area contributed by atoms with E-state index in [1.807, 2.05) is 0 Å². The summed E-state index contributed by atoms with van der Waals surface area (Å²) in [4.78, 5) is 12.5. The molecule has 0 aromatic carbocycles. The lowest BCUT2D eigenvalue weighted by Crippen LogP contribution is -2.24. The molecule has 0 unspecified atom stereocenters. The second-order valence-electron chi connectivity index (χ2n) is 6.91. The molecule has 2 aliphatic rings. The van der Waals surface area contributed by atoms with E-state index in [1.54, 1.807) is 4.68 Å². The zero-order valence-corrected chi connectivity index (χ0v) is 12.7. The highest BCUT2D eigenvalue weighted by Crippen LogP contribution is 2.37. The number of hydrogen-bond acceptors (Lipinski definition) is 6. The summed E-state index contributed by atoms with van der Waals surface area (Å²) in [7, 11) is 0. The second-order valence-corrected chi connectivity index (χ2v) is 6.91. The highest BCUT2D eigenvalue weighted by atomic mass is 16.5. The van der Waals surface area contributed by atoms with Gasteiger partial charge < -0.3 is 4.52 Å². The Labute approximate surface area is 127 Å². The second kappa shape index (κ2) is 4.62. The molecule has 0 radical (unpaired) electrons. The molecule has 0 aliphatic heterocycles. The molecule has 0 atom stereocenters. The number of nitrogens with one attached hydrogen (secondary N) is 1. The highest BCUT2D eigenvalue weighted by molar-refractivity contribution is 6.03.